The molecule has 3 heteroatoms. The molecule has 1 N–H and O–H groups in total. The molecule has 1 aliphatic rings. The molecule has 0 aromatic heterocycles. The quantitative estimate of drug-likeness (QED) is 0.655. The van der Waals surface area contributed by atoms with Crippen LogP contribution in [0.1, 0.15) is 19.8 Å². The Kier molecular flexibility index (Phi) is 3.78. The molecule has 13 heavy (non-hydrogen) atoms. The third kappa shape index (κ3) is 3.47. The standard InChI is InChI=1S/C10H15NO2/c1-2-3-5-11-6-4-9(8-11)7-10(12)13/h9H,4-8H2,1H3,(H,12,13). The monoisotopic (exact) mass is 181 g/mol. The van der Waals surface area contributed by atoms with Crippen LogP contribution < -0.4 is 0 Å². The number of nitrogens with zero attached hydrogens (tertiary/aromatic N) is 1. The Morgan fingerprint density at radius 3 is 3.08 bits per heavy atom. The van der Waals surface area contributed by atoms with E-state index in [1.165, 1.54) is 0 Å². The first-order valence-electron chi connectivity index (χ1n) is 4.56. The third-order valence-corrected chi connectivity index (χ3v) is 2.31. The molecule has 0 radical (unpaired) electrons. The predicted molar refractivity (Wildman–Crippen MR) is 50.2 cm³/mol. The van der Waals surface area contributed by atoms with Crippen LogP contribution in [0.5, 0.6) is 0 Å². The molecule has 0 saturated carbocycles. The van der Waals surface area contributed by atoms with Crippen molar-refractivity contribution in [2.24, 2.45) is 5.92 Å². The molecule has 3 nitrogen and oxygen atoms in total. The van der Waals surface area contributed by atoms with Crippen LogP contribution in [0, 0.1) is 17.8 Å². The molecule has 1 atom stereocenters. The fourth-order valence-corrected chi connectivity index (χ4v) is 1.66. The van der Waals surface area contributed by atoms with Crippen LogP contribution in [0.3, 0.4) is 0 Å². The fourth-order valence-electron chi connectivity index (χ4n) is 1.66. The molecule has 0 aromatic carbocycles. The van der Waals surface area contributed by atoms with E-state index in [4.69, 9.17) is 5.11 Å². The Hall–Kier alpha value is -1.01. The molecular formula is C10H15NO2. The maximum Gasteiger partial charge on any atom is 0.303 e. The van der Waals surface area contributed by atoms with E-state index < -0.39 is 5.97 Å². The molecule has 0 spiro atoms. The van der Waals surface area contributed by atoms with Gasteiger partial charge >= 0.3 is 5.97 Å². The van der Waals surface area contributed by atoms with Crippen LogP contribution in [-0.2, 0) is 4.79 Å². The Bertz CT molecular complexity index is 239. The summed E-state index contributed by atoms with van der Waals surface area (Å²) in [5, 5.41) is 8.59. The minimum Gasteiger partial charge on any atom is -0.481 e. The maximum atomic E-state index is 10.4. The molecule has 0 amide bonds. The van der Waals surface area contributed by atoms with Gasteiger partial charge in [0, 0.05) is 13.0 Å². The van der Waals surface area contributed by atoms with Crippen molar-refractivity contribution in [1.29, 1.82) is 0 Å². The largest absolute Gasteiger partial charge is 0.481 e. The van der Waals surface area contributed by atoms with E-state index in [-0.39, 0.29) is 0 Å². The second-order valence-electron chi connectivity index (χ2n) is 3.41. The van der Waals surface area contributed by atoms with Gasteiger partial charge in [0.2, 0.25) is 0 Å². The number of hydrogen-bond acceptors (Lipinski definition) is 2. The number of likely N-dealkylation sites (tertiary alicyclic amines) is 1. The van der Waals surface area contributed by atoms with E-state index in [9.17, 15) is 4.79 Å². The molecule has 72 valence electrons. The first-order chi connectivity index (χ1) is 6.22. The average Bonchev–Trinajstić information content (AvgIpc) is 2.48. The summed E-state index contributed by atoms with van der Waals surface area (Å²) < 4.78 is 0. The van der Waals surface area contributed by atoms with Crippen molar-refractivity contribution >= 4 is 5.97 Å². The molecule has 1 aliphatic heterocycles. The summed E-state index contributed by atoms with van der Waals surface area (Å²) in [6, 6.07) is 0. The average molecular weight is 181 g/mol. The Morgan fingerprint density at radius 1 is 1.69 bits per heavy atom. The third-order valence-electron chi connectivity index (χ3n) is 2.31. The molecule has 0 bridgehead atoms. The first kappa shape index (κ1) is 10.1. The zero-order valence-electron chi connectivity index (χ0n) is 7.92. The number of carbonyl (C=O) groups is 1. The number of aliphatic carboxylic acids is 1. The van der Waals surface area contributed by atoms with Crippen molar-refractivity contribution in [3.8, 4) is 11.8 Å². The summed E-state index contributed by atoms with van der Waals surface area (Å²) in [7, 11) is 0. The van der Waals surface area contributed by atoms with Gasteiger partial charge in [0.25, 0.3) is 0 Å². The van der Waals surface area contributed by atoms with Gasteiger partial charge in [-0.25, -0.2) is 0 Å². The Morgan fingerprint density at radius 2 is 2.46 bits per heavy atom. The topological polar surface area (TPSA) is 40.5 Å². The highest BCUT2D eigenvalue weighted by Crippen LogP contribution is 2.18. The Balaban J connectivity index is 2.26. The summed E-state index contributed by atoms with van der Waals surface area (Å²) in [4.78, 5) is 12.6. The molecule has 0 aromatic rings. The number of hydrogen-bond donors (Lipinski definition) is 1. The first-order valence-corrected chi connectivity index (χ1v) is 4.56. The van der Waals surface area contributed by atoms with Crippen LogP contribution in [-0.4, -0.2) is 35.6 Å². The van der Waals surface area contributed by atoms with Gasteiger partial charge in [-0.15, -0.1) is 5.92 Å². The van der Waals surface area contributed by atoms with Gasteiger partial charge in [-0.2, -0.15) is 0 Å². The van der Waals surface area contributed by atoms with Crippen LogP contribution in [0.4, 0.5) is 0 Å². The second kappa shape index (κ2) is 4.88. The van der Waals surface area contributed by atoms with Gasteiger partial charge in [-0.05, 0) is 25.8 Å². The van der Waals surface area contributed by atoms with E-state index in [1.54, 1.807) is 0 Å². The van der Waals surface area contributed by atoms with E-state index in [0.29, 0.717) is 12.3 Å². The summed E-state index contributed by atoms with van der Waals surface area (Å²) >= 11 is 0. The van der Waals surface area contributed by atoms with Gasteiger partial charge < -0.3 is 5.11 Å². The lowest BCUT2D eigenvalue weighted by molar-refractivity contribution is -0.138. The molecule has 1 rings (SSSR count). The highest BCUT2D eigenvalue weighted by molar-refractivity contribution is 5.67. The van der Waals surface area contributed by atoms with Crippen molar-refractivity contribution in [3.05, 3.63) is 0 Å². The van der Waals surface area contributed by atoms with Crippen molar-refractivity contribution in [2.75, 3.05) is 19.6 Å². The maximum absolute atomic E-state index is 10.4. The lowest BCUT2D eigenvalue weighted by atomic mass is 10.1. The summed E-state index contributed by atoms with van der Waals surface area (Å²) in [5.41, 5.74) is 0. The number of rotatable bonds is 3. The molecule has 1 heterocycles. The van der Waals surface area contributed by atoms with Gasteiger partial charge in [0.1, 0.15) is 0 Å². The molecular weight excluding hydrogens is 166 g/mol. The van der Waals surface area contributed by atoms with Gasteiger partial charge in [-0.1, -0.05) is 5.92 Å². The van der Waals surface area contributed by atoms with Gasteiger partial charge in [0.05, 0.1) is 6.54 Å². The van der Waals surface area contributed by atoms with Crippen molar-refractivity contribution < 1.29 is 9.90 Å². The van der Waals surface area contributed by atoms with E-state index in [2.05, 4.69) is 16.7 Å². The van der Waals surface area contributed by atoms with Crippen LogP contribution >= 0.6 is 0 Å². The SMILES string of the molecule is CC#CCN1CCC(CC(=O)O)C1. The molecule has 0 aliphatic carbocycles. The van der Waals surface area contributed by atoms with Gasteiger partial charge in [-0.3, -0.25) is 9.69 Å². The number of carboxylic acid groups (broad SMARTS) is 1. The molecule has 1 saturated heterocycles. The summed E-state index contributed by atoms with van der Waals surface area (Å²) in [6.07, 6.45) is 1.30. The normalized spacial score (nSPS) is 22.4. The van der Waals surface area contributed by atoms with Crippen LogP contribution in [0.2, 0.25) is 0 Å². The van der Waals surface area contributed by atoms with Crippen LogP contribution in [0.25, 0.3) is 0 Å². The predicted octanol–water partition coefficient (Wildman–Crippen LogP) is 0.806. The minimum atomic E-state index is -0.687. The second-order valence-corrected chi connectivity index (χ2v) is 3.41. The minimum absolute atomic E-state index is 0.302. The lowest BCUT2D eigenvalue weighted by Crippen LogP contribution is -2.21. The van der Waals surface area contributed by atoms with E-state index in [0.717, 1.165) is 26.1 Å². The zero-order valence-corrected chi connectivity index (χ0v) is 7.92. The van der Waals surface area contributed by atoms with E-state index >= 15 is 0 Å². The van der Waals surface area contributed by atoms with E-state index in [1.807, 2.05) is 6.92 Å². The number of carboxylic acids is 1. The fraction of sp³-hybridized carbons (Fsp3) is 0.700. The highest BCUT2D eigenvalue weighted by atomic mass is 16.4. The molecule has 1 fully saturated rings. The van der Waals surface area contributed by atoms with Crippen molar-refractivity contribution in [2.45, 2.75) is 19.8 Å². The van der Waals surface area contributed by atoms with Crippen molar-refractivity contribution in [1.82, 2.24) is 4.90 Å². The highest BCUT2D eigenvalue weighted by Gasteiger charge is 2.23. The Labute approximate surface area is 78.7 Å². The summed E-state index contributed by atoms with van der Waals surface area (Å²) in [6.45, 7) is 4.49. The van der Waals surface area contributed by atoms with Crippen LogP contribution in [0.15, 0.2) is 0 Å². The summed E-state index contributed by atoms with van der Waals surface area (Å²) in [5.74, 6) is 5.48. The zero-order chi connectivity index (χ0) is 9.68. The van der Waals surface area contributed by atoms with Gasteiger partial charge in [0.15, 0.2) is 0 Å². The lowest BCUT2D eigenvalue weighted by Gasteiger charge is -2.10. The molecule has 1 unspecified atom stereocenters. The van der Waals surface area contributed by atoms with Crippen molar-refractivity contribution in [3.63, 3.8) is 0 Å². The smallest absolute Gasteiger partial charge is 0.303 e.